The number of hydrogen-bond donors (Lipinski definition) is 0. The molecule has 96 valence electrons. The molecule has 0 unspecified atom stereocenters. The monoisotopic (exact) mass is 249 g/mol. The molecule has 0 atom stereocenters. The van der Waals surface area contributed by atoms with Crippen LogP contribution >= 0.6 is 0 Å². The molecule has 2 aromatic carbocycles. The highest BCUT2D eigenvalue weighted by molar-refractivity contribution is 5.94. The minimum Gasteiger partial charge on any atom is -0.293 e. The maximum atomic E-state index is 4.80. The Bertz CT molecular complexity index is 503. The van der Waals surface area contributed by atoms with Crippen LogP contribution in [0.5, 0.6) is 0 Å². The van der Waals surface area contributed by atoms with E-state index in [1.165, 1.54) is 29.7 Å². The Morgan fingerprint density at radius 2 is 1.32 bits per heavy atom. The zero-order chi connectivity index (χ0) is 12.9. The van der Waals surface area contributed by atoms with Gasteiger partial charge in [-0.15, -0.1) is 0 Å². The van der Waals surface area contributed by atoms with Gasteiger partial charge in [0.05, 0.1) is 0 Å². The first-order valence-corrected chi connectivity index (χ1v) is 7.08. The average Bonchev–Trinajstić information content (AvgIpc) is 2.51. The molecule has 2 aromatic rings. The van der Waals surface area contributed by atoms with Crippen molar-refractivity contribution >= 4 is 5.71 Å². The van der Waals surface area contributed by atoms with Crippen molar-refractivity contribution in [3.05, 3.63) is 71.8 Å². The maximum Gasteiger partial charge on any atom is 0.0469 e. The van der Waals surface area contributed by atoms with Crippen molar-refractivity contribution in [1.29, 1.82) is 0 Å². The molecule has 3 rings (SSSR count). The Hall–Kier alpha value is -1.89. The van der Waals surface area contributed by atoms with Crippen LogP contribution in [0.2, 0.25) is 0 Å². The van der Waals surface area contributed by atoms with E-state index in [0.717, 1.165) is 13.0 Å². The summed E-state index contributed by atoms with van der Waals surface area (Å²) in [5.74, 6) is 0.336. The van der Waals surface area contributed by atoms with E-state index in [1.54, 1.807) is 0 Å². The summed E-state index contributed by atoms with van der Waals surface area (Å²) >= 11 is 0. The fourth-order valence-corrected chi connectivity index (χ4v) is 2.82. The van der Waals surface area contributed by atoms with Crippen LogP contribution in [0.3, 0.4) is 0 Å². The standard InChI is InChI=1S/C18H19N/c1-3-9-15(10-4-1)18(16-11-5-2-6-12-16)17-13-7-8-14-19-17/h1-6,9-12,18H,7-8,13-14H2. The second-order valence-electron chi connectivity index (χ2n) is 5.08. The van der Waals surface area contributed by atoms with Crippen LogP contribution in [0.1, 0.15) is 36.3 Å². The van der Waals surface area contributed by atoms with Gasteiger partial charge in [-0.2, -0.15) is 0 Å². The van der Waals surface area contributed by atoms with Crippen molar-refractivity contribution in [3.63, 3.8) is 0 Å². The summed E-state index contributed by atoms with van der Waals surface area (Å²) in [6.45, 7) is 0.992. The molecular weight excluding hydrogens is 230 g/mol. The van der Waals surface area contributed by atoms with Gasteiger partial charge in [0.15, 0.2) is 0 Å². The predicted molar refractivity (Wildman–Crippen MR) is 80.9 cm³/mol. The Morgan fingerprint density at radius 3 is 1.79 bits per heavy atom. The van der Waals surface area contributed by atoms with Crippen LogP contribution in [-0.2, 0) is 0 Å². The second kappa shape index (κ2) is 5.83. The van der Waals surface area contributed by atoms with E-state index in [2.05, 4.69) is 60.7 Å². The summed E-state index contributed by atoms with van der Waals surface area (Å²) in [7, 11) is 0. The van der Waals surface area contributed by atoms with Gasteiger partial charge in [-0.05, 0) is 30.4 Å². The highest BCUT2D eigenvalue weighted by atomic mass is 14.8. The van der Waals surface area contributed by atoms with E-state index < -0.39 is 0 Å². The Balaban J connectivity index is 2.03. The molecule has 0 saturated heterocycles. The third-order valence-electron chi connectivity index (χ3n) is 3.75. The predicted octanol–water partition coefficient (Wildman–Crippen LogP) is 4.44. The molecule has 1 heterocycles. The van der Waals surface area contributed by atoms with Crippen LogP contribution in [-0.4, -0.2) is 12.3 Å². The first kappa shape index (κ1) is 12.2. The van der Waals surface area contributed by atoms with Crippen LogP contribution in [0.15, 0.2) is 65.7 Å². The molecule has 0 N–H and O–H groups in total. The van der Waals surface area contributed by atoms with Gasteiger partial charge in [0.2, 0.25) is 0 Å². The van der Waals surface area contributed by atoms with Crippen LogP contribution in [0, 0.1) is 0 Å². The maximum absolute atomic E-state index is 4.80. The third kappa shape index (κ3) is 2.76. The molecule has 0 aromatic heterocycles. The highest BCUT2D eigenvalue weighted by Gasteiger charge is 2.21. The quantitative estimate of drug-likeness (QED) is 0.762. The van der Waals surface area contributed by atoms with Gasteiger partial charge < -0.3 is 0 Å². The van der Waals surface area contributed by atoms with Gasteiger partial charge >= 0.3 is 0 Å². The lowest BCUT2D eigenvalue weighted by Crippen LogP contribution is -2.17. The second-order valence-corrected chi connectivity index (χ2v) is 5.08. The van der Waals surface area contributed by atoms with Gasteiger partial charge in [0, 0.05) is 18.2 Å². The van der Waals surface area contributed by atoms with Crippen LogP contribution < -0.4 is 0 Å². The Labute approximate surface area is 115 Å². The molecule has 1 nitrogen and oxygen atoms in total. The lowest BCUT2D eigenvalue weighted by atomic mass is 9.84. The SMILES string of the molecule is c1ccc(C(C2=NCCCC2)c2ccccc2)cc1. The number of benzene rings is 2. The summed E-state index contributed by atoms with van der Waals surface area (Å²) in [5.41, 5.74) is 4.06. The first-order chi connectivity index (χ1) is 9.45. The van der Waals surface area contributed by atoms with E-state index in [4.69, 9.17) is 4.99 Å². The molecule has 1 aliphatic rings. The fourth-order valence-electron chi connectivity index (χ4n) is 2.82. The van der Waals surface area contributed by atoms with Crippen molar-refractivity contribution < 1.29 is 0 Å². The molecule has 0 bridgehead atoms. The van der Waals surface area contributed by atoms with Gasteiger partial charge in [0.1, 0.15) is 0 Å². The van der Waals surface area contributed by atoms with Gasteiger partial charge in [-0.25, -0.2) is 0 Å². The van der Waals surface area contributed by atoms with Gasteiger partial charge in [-0.3, -0.25) is 4.99 Å². The smallest absolute Gasteiger partial charge is 0.0469 e. The lowest BCUT2D eigenvalue weighted by Gasteiger charge is -2.23. The third-order valence-corrected chi connectivity index (χ3v) is 3.75. The summed E-state index contributed by atoms with van der Waals surface area (Å²) in [6.07, 6.45) is 3.64. The Kier molecular flexibility index (Phi) is 3.73. The van der Waals surface area contributed by atoms with Crippen LogP contribution in [0.4, 0.5) is 0 Å². The van der Waals surface area contributed by atoms with Gasteiger partial charge in [0.25, 0.3) is 0 Å². The molecular formula is C18H19N. The zero-order valence-corrected chi connectivity index (χ0v) is 11.1. The highest BCUT2D eigenvalue weighted by Crippen LogP contribution is 2.29. The van der Waals surface area contributed by atoms with E-state index in [9.17, 15) is 0 Å². The molecule has 19 heavy (non-hydrogen) atoms. The molecule has 0 spiro atoms. The summed E-state index contributed by atoms with van der Waals surface area (Å²) in [6, 6.07) is 21.5. The number of aliphatic imine (C=N–C) groups is 1. The van der Waals surface area contributed by atoms with Crippen LogP contribution in [0.25, 0.3) is 0 Å². The van der Waals surface area contributed by atoms with E-state index >= 15 is 0 Å². The number of rotatable bonds is 3. The van der Waals surface area contributed by atoms with Crippen molar-refractivity contribution in [1.82, 2.24) is 0 Å². The van der Waals surface area contributed by atoms with E-state index in [0.29, 0.717) is 5.92 Å². The molecule has 0 saturated carbocycles. The lowest BCUT2D eigenvalue weighted by molar-refractivity contribution is 0.721. The largest absolute Gasteiger partial charge is 0.293 e. The molecule has 0 amide bonds. The number of nitrogens with zero attached hydrogens (tertiary/aromatic N) is 1. The minimum atomic E-state index is 0.336. The van der Waals surface area contributed by atoms with Crippen molar-refractivity contribution in [2.75, 3.05) is 6.54 Å². The van der Waals surface area contributed by atoms with Crippen molar-refractivity contribution in [2.24, 2.45) is 4.99 Å². The minimum absolute atomic E-state index is 0.336. The first-order valence-electron chi connectivity index (χ1n) is 7.08. The molecule has 0 fully saturated rings. The Morgan fingerprint density at radius 1 is 0.737 bits per heavy atom. The van der Waals surface area contributed by atoms with Gasteiger partial charge in [-0.1, -0.05) is 60.7 Å². The van der Waals surface area contributed by atoms with E-state index in [-0.39, 0.29) is 0 Å². The van der Waals surface area contributed by atoms with Crippen molar-refractivity contribution in [2.45, 2.75) is 25.2 Å². The van der Waals surface area contributed by atoms with Crippen molar-refractivity contribution in [3.8, 4) is 0 Å². The molecule has 1 aliphatic heterocycles. The zero-order valence-electron chi connectivity index (χ0n) is 11.1. The molecule has 1 heteroatoms. The van der Waals surface area contributed by atoms with E-state index in [1.807, 2.05) is 0 Å². The summed E-state index contributed by atoms with van der Waals surface area (Å²) in [5, 5.41) is 0. The topological polar surface area (TPSA) is 12.4 Å². The number of hydrogen-bond acceptors (Lipinski definition) is 1. The average molecular weight is 249 g/mol. The molecule has 0 radical (unpaired) electrons. The summed E-state index contributed by atoms with van der Waals surface area (Å²) < 4.78 is 0. The summed E-state index contributed by atoms with van der Waals surface area (Å²) in [4.78, 5) is 4.80. The normalized spacial score (nSPS) is 15.3. The molecule has 0 aliphatic carbocycles. The fraction of sp³-hybridized carbons (Fsp3) is 0.278.